The molecule has 0 saturated carbocycles. The lowest BCUT2D eigenvalue weighted by molar-refractivity contribution is -0.137. The van der Waals surface area contributed by atoms with Crippen molar-refractivity contribution in [2.45, 2.75) is 24.2 Å². The van der Waals surface area contributed by atoms with Crippen molar-refractivity contribution in [3.8, 4) is 11.5 Å². The molecule has 0 spiro atoms. The average Bonchev–Trinajstić information content (AvgIpc) is 2.83. The number of nitrogens with two attached hydrogens (primary N) is 2. The van der Waals surface area contributed by atoms with Gasteiger partial charge in [0.2, 0.25) is 0 Å². The summed E-state index contributed by atoms with van der Waals surface area (Å²) in [6.07, 6.45) is -0.151. The lowest BCUT2D eigenvalue weighted by Crippen LogP contribution is -2.14. The number of anilines is 3. The summed E-state index contributed by atoms with van der Waals surface area (Å²) in [6.45, 7) is 2.56. The number of thiol groups is 1. The minimum atomic E-state index is -2.75. The molecule has 0 fully saturated rings. The van der Waals surface area contributed by atoms with Crippen molar-refractivity contribution in [1.29, 1.82) is 0 Å². The number of aliphatic carboxylic acids is 1. The third kappa shape index (κ3) is 6.36. The number of carboxylic acids is 1. The van der Waals surface area contributed by atoms with Crippen LogP contribution in [0.2, 0.25) is 0 Å². The summed E-state index contributed by atoms with van der Waals surface area (Å²) < 4.78 is 33.7. The molecule has 35 heavy (non-hydrogen) atoms. The van der Waals surface area contributed by atoms with E-state index in [0.717, 1.165) is 16.8 Å². The number of para-hydroxylation sites is 1. The van der Waals surface area contributed by atoms with Crippen LogP contribution in [-0.4, -0.2) is 39.8 Å². The number of aryl methyl sites for hydroxylation is 1. The predicted molar refractivity (Wildman–Crippen MR) is 136 cm³/mol. The van der Waals surface area contributed by atoms with Gasteiger partial charge in [-0.15, -0.1) is 0 Å². The molecule has 0 aromatic heterocycles. The maximum absolute atomic E-state index is 11.7. The van der Waals surface area contributed by atoms with Gasteiger partial charge in [-0.25, -0.2) is 8.42 Å². The molecule has 3 aromatic carbocycles. The largest absolute Gasteiger partial charge is 0.495 e. The molecule has 0 bridgehead atoms. The lowest BCUT2D eigenvalue weighted by atomic mass is 9.87. The van der Waals surface area contributed by atoms with E-state index in [1.165, 1.54) is 13.2 Å². The fraction of sp³-hybridized carbons (Fsp3) is 0.240. The highest BCUT2D eigenvalue weighted by Gasteiger charge is 2.21. The van der Waals surface area contributed by atoms with E-state index in [1.54, 1.807) is 30.3 Å². The second-order valence-electron chi connectivity index (χ2n) is 7.95. The predicted octanol–water partition coefficient (Wildman–Crippen LogP) is 3.24. The van der Waals surface area contributed by atoms with Crippen LogP contribution in [-0.2, 0) is 15.5 Å². The number of rotatable bonds is 11. The van der Waals surface area contributed by atoms with E-state index >= 15 is 0 Å². The van der Waals surface area contributed by atoms with Gasteiger partial charge in [-0.2, -0.15) is 0 Å². The Morgan fingerprint density at radius 1 is 1.06 bits per heavy atom. The second-order valence-corrected chi connectivity index (χ2v) is 8.95. The van der Waals surface area contributed by atoms with E-state index < -0.39 is 22.6 Å². The number of hydrogen-bond donors (Lipinski definition) is 5. The molecule has 0 aliphatic rings. The van der Waals surface area contributed by atoms with Gasteiger partial charge < -0.3 is 31.4 Å². The minimum Gasteiger partial charge on any atom is -0.495 e. The Bertz CT molecular complexity index is 1280. The summed E-state index contributed by atoms with van der Waals surface area (Å²) in [4.78, 5) is 11.8. The van der Waals surface area contributed by atoms with E-state index in [2.05, 4.69) is 5.32 Å². The molecule has 10 heteroatoms. The maximum atomic E-state index is 11.7. The quantitative estimate of drug-likeness (QED) is 0.152. The normalized spacial score (nSPS) is 11.7. The molecule has 3 rings (SSSR count). The third-order valence-electron chi connectivity index (χ3n) is 5.60. The van der Waals surface area contributed by atoms with Crippen LogP contribution in [0.25, 0.3) is 0 Å². The Kier molecular flexibility index (Phi) is 8.43. The van der Waals surface area contributed by atoms with Gasteiger partial charge in [0.15, 0.2) is 10.7 Å². The third-order valence-corrected chi connectivity index (χ3v) is 6.36. The summed E-state index contributed by atoms with van der Waals surface area (Å²) in [7, 11) is -1.28. The molecule has 0 saturated heterocycles. The summed E-state index contributed by atoms with van der Waals surface area (Å²) in [5.41, 5.74) is 15.8. The Labute approximate surface area is 205 Å². The van der Waals surface area contributed by atoms with Gasteiger partial charge in [0.05, 0.1) is 24.9 Å². The van der Waals surface area contributed by atoms with Crippen molar-refractivity contribution in [3.63, 3.8) is 0 Å². The minimum absolute atomic E-state index is 0.135. The zero-order valence-electron chi connectivity index (χ0n) is 19.5. The Balaban J connectivity index is 1.81. The first kappa shape index (κ1) is 25.7. The molecule has 0 aliphatic carbocycles. The highest BCUT2D eigenvalue weighted by molar-refractivity contribution is 7.72. The zero-order chi connectivity index (χ0) is 25.5. The summed E-state index contributed by atoms with van der Waals surface area (Å²) in [5.74, 6) is -0.754. The van der Waals surface area contributed by atoms with Crippen LogP contribution < -0.4 is 26.3 Å². The van der Waals surface area contributed by atoms with Crippen molar-refractivity contribution in [2.75, 3.05) is 37.0 Å². The fourth-order valence-electron chi connectivity index (χ4n) is 3.77. The van der Waals surface area contributed by atoms with Crippen molar-refractivity contribution >= 4 is 33.7 Å². The topological polar surface area (TPSA) is 154 Å². The van der Waals surface area contributed by atoms with Crippen LogP contribution in [0.3, 0.4) is 0 Å². The van der Waals surface area contributed by atoms with Gasteiger partial charge >= 0.3 is 5.97 Å². The Morgan fingerprint density at radius 3 is 2.49 bits per heavy atom. The monoisotopic (exact) mass is 499 g/mol. The Morgan fingerprint density at radius 2 is 1.80 bits per heavy atom. The number of ether oxygens (including phenoxy) is 2. The van der Waals surface area contributed by atoms with Crippen molar-refractivity contribution in [3.05, 3.63) is 71.3 Å². The number of carbonyl (C=O) groups is 1. The van der Waals surface area contributed by atoms with Gasteiger partial charge in [0.1, 0.15) is 23.0 Å². The Hall–Kier alpha value is -3.92. The van der Waals surface area contributed by atoms with Crippen molar-refractivity contribution in [1.82, 2.24) is 0 Å². The highest BCUT2D eigenvalue weighted by Crippen LogP contribution is 2.37. The smallest absolute Gasteiger partial charge is 0.304 e. The molecule has 0 aliphatic heterocycles. The first-order valence-electron chi connectivity index (χ1n) is 10.9. The summed E-state index contributed by atoms with van der Waals surface area (Å²) in [5, 5.41) is 12.8. The van der Waals surface area contributed by atoms with Gasteiger partial charge in [-0.05, 0) is 53.9 Å². The molecule has 0 amide bonds. The molecule has 186 valence electrons. The number of methoxy groups -OCH3 is 1. The SMILES string of the molecule is COc1cc(C(CC(=O)O)c2ccc(C)c(NCCOc3ccccc3[SH](=O)=O)c2)cc(N)c1N. The van der Waals surface area contributed by atoms with E-state index in [4.69, 9.17) is 20.9 Å². The zero-order valence-corrected chi connectivity index (χ0v) is 20.4. The molecule has 1 atom stereocenters. The van der Waals surface area contributed by atoms with Crippen LogP contribution in [0.1, 0.15) is 29.0 Å². The van der Waals surface area contributed by atoms with Crippen LogP contribution in [0, 0.1) is 6.92 Å². The second kappa shape index (κ2) is 11.5. The number of hydrogen-bond acceptors (Lipinski definition) is 8. The van der Waals surface area contributed by atoms with E-state index in [1.807, 2.05) is 25.1 Å². The van der Waals surface area contributed by atoms with Crippen LogP contribution in [0.15, 0.2) is 59.5 Å². The highest BCUT2D eigenvalue weighted by atomic mass is 32.2. The average molecular weight is 500 g/mol. The summed E-state index contributed by atoms with van der Waals surface area (Å²) in [6, 6.07) is 15.5. The van der Waals surface area contributed by atoms with Crippen LogP contribution in [0.5, 0.6) is 11.5 Å². The molecular formula is C25H29N3O6S. The number of carboxylic acid groups (broad SMARTS) is 1. The van der Waals surface area contributed by atoms with Gasteiger partial charge in [-0.3, -0.25) is 4.79 Å². The van der Waals surface area contributed by atoms with Gasteiger partial charge in [0.25, 0.3) is 0 Å². The van der Waals surface area contributed by atoms with E-state index in [-0.39, 0.29) is 17.9 Å². The lowest BCUT2D eigenvalue weighted by Gasteiger charge is -2.21. The molecule has 1 unspecified atom stereocenters. The van der Waals surface area contributed by atoms with Crippen molar-refractivity contribution < 1.29 is 27.8 Å². The first-order chi connectivity index (χ1) is 16.7. The molecule has 3 aromatic rings. The molecule has 0 heterocycles. The van der Waals surface area contributed by atoms with E-state index in [9.17, 15) is 18.3 Å². The van der Waals surface area contributed by atoms with Crippen LogP contribution >= 0.6 is 0 Å². The first-order valence-corrected chi connectivity index (χ1v) is 12.0. The number of benzene rings is 3. The van der Waals surface area contributed by atoms with Crippen LogP contribution in [0.4, 0.5) is 17.1 Å². The fourth-order valence-corrected chi connectivity index (χ4v) is 4.29. The summed E-state index contributed by atoms with van der Waals surface area (Å²) >= 11 is 0. The molecule has 6 N–H and O–H groups in total. The van der Waals surface area contributed by atoms with Gasteiger partial charge in [0, 0.05) is 18.2 Å². The van der Waals surface area contributed by atoms with E-state index in [0.29, 0.717) is 35.0 Å². The number of nitrogens with one attached hydrogen (secondary N) is 1. The molecule has 0 radical (unpaired) electrons. The van der Waals surface area contributed by atoms with Gasteiger partial charge in [-0.1, -0.05) is 24.3 Å². The standard InChI is InChI=1S/C25H29N3O6S/c1-15-7-8-16(18(14-24(29)30)17-11-19(26)25(27)22(13-17)33-2)12-20(15)28-9-10-34-21-5-3-4-6-23(21)35(31)32/h3-8,11-13,18,28,35H,9-10,14,26-27H2,1-2H3,(H,29,30). The molecule has 9 nitrogen and oxygen atoms in total. The molecular weight excluding hydrogens is 470 g/mol. The van der Waals surface area contributed by atoms with Crippen molar-refractivity contribution in [2.24, 2.45) is 0 Å². The number of nitrogen functional groups attached to an aromatic ring is 2. The maximum Gasteiger partial charge on any atom is 0.304 e.